The average Bonchev–Trinajstić information content (AvgIpc) is 2.39. The highest BCUT2D eigenvalue weighted by Crippen LogP contribution is 2.41. The van der Waals surface area contributed by atoms with E-state index >= 15 is 0 Å². The lowest BCUT2D eigenvalue weighted by Crippen LogP contribution is -2.29. The molecule has 1 rings (SSSR count). The molecule has 0 aromatic carbocycles. The molecule has 1 aliphatic rings. The Kier molecular flexibility index (Phi) is 5.77. The molecule has 17 heavy (non-hydrogen) atoms. The smallest absolute Gasteiger partial charge is 0.203 e. The largest absolute Gasteiger partial charge is 0.556 e. The third-order valence-electron chi connectivity index (χ3n) is 4.91. The lowest BCUT2D eigenvalue weighted by Gasteiger charge is -2.38. The van der Waals surface area contributed by atoms with Gasteiger partial charge in [0.05, 0.1) is 5.76 Å². The van der Waals surface area contributed by atoms with Crippen LogP contribution in [0.1, 0.15) is 66.2 Å². The van der Waals surface area contributed by atoms with Gasteiger partial charge in [0.25, 0.3) is 0 Å². The first-order valence-electron chi connectivity index (χ1n) is 7.21. The maximum Gasteiger partial charge on any atom is 0.203 e. The van der Waals surface area contributed by atoms with Crippen LogP contribution >= 0.6 is 0 Å². The van der Waals surface area contributed by atoms with Crippen LogP contribution in [0.5, 0.6) is 0 Å². The van der Waals surface area contributed by atoms with Gasteiger partial charge >= 0.3 is 0 Å². The summed E-state index contributed by atoms with van der Waals surface area (Å²) in [5, 5.41) is 0. The molecule has 0 radical (unpaired) electrons. The Bertz CT molecular complexity index is 256. The van der Waals surface area contributed by atoms with Crippen LogP contribution in [-0.2, 0) is 4.43 Å². The van der Waals surface area contributed by atoms with Crippen molar-refractivity contribution in [3.8, 4) is 0 Å². The van der Waals surface area contributed by atoms with Gasteiger partial charge in [0.15, 0.2) is 0 Å². The van der Waals surface area contributed by atoms with E-state index in [-0.39, 0.29) is 0 Å². The van der Waals surface area contributed by atoms with Crippen LogP contribution in [0.3, 0.4) is 0 Å². The maximum absolute atomic E-state index is 5.60. The molecule has 1 aliphatic carbocycles. The van der Waals surface area contributed by atoms with Gasteiger partial charge < -0.3 is 4.43 Å². The zero-order valence-corrected chi connectivity index (χ0v) is 14.4. The standard InChI is InChI=1S/C15H30OSi/c1-12(2)15(3,4)13-8-6-5-7-9-14(16-17)11-10-13/h11-13H,5-10H2,1-4,17H3. The van der Waals surface area contributed by atoms with Crippen LogP contribution in [0.2, 0.25) is 0 Å². The third kappa shape index (κ3) is 4.17. The molecule has 0 heterocycles. The number of rotatable bonds is 3. The minimum atomic E-state index is 0.442. The van der Waals surface area contributed by atoms with E-state index in [0.717, 1.165) is 22.3 Å². The van der Waals surface area contributed by atoms with E-state index in [1.54, 1.807) is 0 Å². The predicted molar refractivity (Wildman–Crippen MR) is 78.9 cm³/mol. The Labute approximate surface area is 111 Å². The summed E-state index contributed by atoms with van der Waals surface area (Å²) in [7, 11) is 0.837. The maximum atomic E-state index is 5.60. The van der Waals surface area contributed by atoms with Gasteiger partial charge in [-0.15, -0.1) is 0 Å². The fraction of sp³-hybridized carbons (Fsp3) is 0.867. The van der Waals surface area contributed by atoms with Crippen molar-refractivity contribution in [2.45, 2.75) is 66.2 Å². The van der Waals surface area contributed by atoms with E-state index in [0.29, 0.717) is 5.41 Å². The lowest BCUT2D eigenvalue weighted by molar-refractivity contribution is 0.128. The second kappa shape index (κ2) is 6.63. The van der Waals surface area contributed by atoms with Gasteiger partial charge in [-0.1, -0.05) is 40.5 Å². The van der Waals surface area contributed by atoms with E-state index in [1.807, 2.05) is 0 Å². The van der Waals surface area contributed by atoms with Gasteiger partial charge in [-0.05, 0) is 42.6 Å². The molecule has 0 saturated carbocycles. The summed E-state index contributed by atoms with van der Waals surface area (Å²) in [4.78, 5) is 0. The molecule has 0 amide bonds. The van der Waals surface area contributed by atoms with Crippen LogP contribution < -0.4 is 0 Å². The molecule has 0 fully saturated rings. The monoisotopic (exact) mass is 254 g/mol. The highest BCUT2D eigenvalue weighted by Gasteiger charge is 2.31. The molecule has 0 aliphatic heterocycles. The lowest BCUT2D eigenvalue weighted by atomic mass is 9.68. The fourth-order valence-corrected chi connectivity index (χ4v) is 3.06. The van der Waals surface area contributed by atoms with Crippen molar-refractivity contribution in [2.75, 3.05) is 0 Å². The summed E-state index contributed by atoms with van der Waals surface area (Å²) in [6.07, 6.45) is 10.2. The molecule has 0 N–H and O–H groups in total. The zero-order valence-electron chi connectivity index (χ0n) is 12.4. The first kappa shape index (κ1) is 14.8. The van der Waals surface area contributed by atoms with Gasteiger partial charge in [0, 0.05) is 6.42 Å². The van der Waals surface area contributed by atoms with Crippen LogP contribution in [0.15, 0.2) is 11.8 Å². The summed E-state index contributed by atoms with van der Waals surface area (Å²) in [5.41, 5.74) is 0.442. The van der Waals surface area contributed by atoms with Gasteiger partial charge in [0.2, 0.25) is 10.5 Å². The number of hydrogen-bond donors (Lipinski definition) is 0. The molecular formula is C15H30OSi. The fourth-order valence-electron chi connectivity index (χ4n) is 2.69. The highest BCUT2D eigenvalue weighted by molar-refractivity contribution is 5.98. The van der Waals surface area contributed by atoms with E-state index in [2.05, 4.69) is 33.8 Å². The highest BCUT2D eigenvalue weighted by atomic mass is 28.2. The molecule has 100 valence electrons. The van der Waals surface area contributed by atoms with E-state index in [9.17, 15) is 0 Å². The summed E-state index contributed by atoms with van der Waals surface area (Å²) in [6, 6.07) is 0. The average molecular weight is 254 g/mol. The summed E-state index contributed by atoms with van der Waals surface area (Å²) >= 11 is 0. The van der Waals surface area contributed by atoms with Gasteiger partial charge in [-0.3, -0.25) is 0 Å². The van der Waals surface area contributed by atoms with Crippen LogP contribution in [0, 0.1) is 17.3 Å². The Balaban J connectivity index is 2.76. The van der Waals surface area contributed by atoms with Crippen molar-refractivity contribution in [1.29, 1.82) is 0 Å². The second-order valence-electron chi connectivity index (χ2n) is 6.38. The SMILES string of the molecule is CC(C)C(C)(C)C1CC=C(O[SiH3])CCCCC1. The summed E-state index contributed by atoms with van der Waals surface area (Å²) in [5.74, 6) is 2.83. The van der Waals surface area contributed by atoms with E-state index in [1.165, 1.54) is 44.3 Å². The normalized spacial score (nSPS) is 23.8. The van der Waals surface area contributed by atoms with Crippen molar-refractivity contribution < 1.29 is 4.43 Å². The molecule has 0 aromatic rings. The van der Waals surface area contributed by atoms with Gasteiger partial charge in [-0.25, -0.2) is 0 Å². The minimum Gasteiger partial charge on any atom is -0.556 e. The van der Waals surface area contributed by atoms with Crippen molar-refractivity contribution >= 4 is 10.5 Å². The van der Waals surface area contributed by atoms with Crippen LogP contribution in [0.4, 0.5) is 0 Å². The number of allylic oxidation sites excluding steroid dienone is 2. The molecule has 1 unspecified atom stereocenters. The Morgan fingerprint density at radius 1 is 1.29 bits per heavy atom. The molecule has 1 atom stereocenters. The molecule has 0 bridgehead atoms. The topological polar surface area (TPSA) is 9.23 Å². The zero-order chi connectivity index (χ0) is 12.9. The van der Waals surface area contributed by atoms with Crippen LogP contribution in [-0.4, -0.2) is 10.5 Å². The molecule has 2 heteroatoms. The van der Waals surface area contributed by atoms with Gasteiger partial charge in [-0.2, -0.15) is 0 Å². The summed E-state index contributed by atoms with van der Waals surface area (Å²) < 4.78 is 5.60. The first-order valence-corrected chi connectivity index (χ1v) is 8.03. The van der Waals surface area contributed by atoms with Gasteiger partial charge in [0.1, 0.15) is 0 Å². The Hall–Kier alpha value is -0.243. The molecule has 1 nitrogen and oxygen atoms in total. The molecule has 0 saturated heterocycles. The predicted octanol–water partition coefficient (Wildman–Crippen LogP) is 3.82. The Morgan fingerprint density at radius 2 is 2.00 bits per heavy atom. The summed E-state index contributed by atoms with van der Waals surface area (Å²) in [6.45, 7) is 9.60. The minimum absolute atomic E-state index is 0.442. The van der Waals surface area contributed by atoms with Crippen molar-refractivity contribution in [2.24, 2.45) is 17.3 Å². The van der Waals surface area contributed by atoms with E-state index in [4.69, 9.17) is 4.43 Å². The Morgan fingerprint density at radius 3 is 2.59 bits per heavy atom. The molecular weight excluding hydrogens is 224 g/mol. The number of hydrogen-bond acceptors (Lipinski definition) is 1. The van der Waals surface area contributed by atoms with E-state index < -0.39 is 0 Å². The molecule has 0 aromatic heterocycles. The van der Waals surface area contributed by atoms with Crippen molar-refractivity contribution in [1.82, 2.24) is 0 Å². The van der Waals surface area contributed by atoms with Crippen LogP contribution in [0.25, 0.3) is 0 Å². The second-order valence-corrected chi connectivity index (χ2v) is 6.79. The van der Waals surface area contributed by atoms with Crippen molar-refractivity contribution in [3.05, 3.63) is 11.8 Å². The van der Waals surface area contributed by atoms with Crippen molar-refractivity contribution in [3.63, 3.8) is 0 Å². The third-order valence-corrected chi connectivity index (χ3v) is 5.43. The first-order chi connectivity index (χ1) is 7.98. The quantitative estimate of drug-likeness (QED) is 0.696. The molecule has 0 spiro atoms.